The van der Waals surface area contributed by atoms with Gasteiger partial charge in [0, 0.05) is 11.7 Å². The number of hydrogen-bond donors (Lipinski definition) is 1. The Labute approximate surface area is 224 Å². The van der Waals surface area contributed by atoms with E-state index in [1.165, 1.54) is 31.4 Å². The molecule has 1 heterocycles. The Balaban J connectivity index is 1.67. The summed E-state index contributed by atoms with van der Waals surface area (Å²) in [6, 6.07) is 16.1. The number of aryl methyl sites for hydroxylation is 1. The molecule has 1 aromatic heterocycles. The van der Waals surface area contributed by atoms with E-state index in [1.54, 1.807) is 41.0 Å². The molecule has 0 atom stereocenters. The Hall–Kier alpha value is -3.34. The number of thiazole rings is 1. The second kappa shape index (κ2) is 10.6. The van der Waals surface area contributed by atoms with Crippen molar-refractivity contribution in [1.82, 2.24) is 4.57 Å². The number of aromatic nitrogens is 1. The van der Waals surface area contributed by atoms with Crippen LogP contribution in [0.3, 0.4) is 0 Å². The number of carbonyl (C=O) groups is 1. The first-order chi connectivity index (χ1) is 17.5. The summed E-state index contributed by atoms with van der Waals surface area (Å²) < 4.78 is 35.8. The molecule has 0 aliphatic rings. The lowest BCUT2D eigenvalue weighted by atomic mass is 10.2. The van der Waals surface area contributed by atoms with Crippen LogP contribution in [0.2, 0.25) is 5.02 Å². The van der Waals surface area contributed by atoms with Crippen molar-refractivity contribution in [1.29, 1.82) is 0 Å². The van der Waals surface area contributed by atoms with Crippen LogP contribution in [-0.4, -0.2) is 32.5 Å². The number of amides is 1. The largest absolute Gasteiger partial charge is 0.495 e. The number of sulfonamides is 1. The second-order valence-electron chi connectivity index (χ2n) is 8.71. The van der Waals surface area contributed by atoms with Gasteiger partial charge in [0.15, 0.2) is 0 Å². The molecular weight excluding hydrogens is 534 g/mol. The number of anilines is 2. The molecular formula is C26H26ClN3O5S2. The maximum atomic E-state index is 13.6. The van der Waals surface area contributed by atoms with Gasteiger partial charge in [-0.25, -0.2) is 8.42 Å². The van der Waals surface area contributed by atoms with E-state index in [1.807, 2.05) is 20.8 Å². The summed E-state index contributed by atoms with van der Waals surface area (Å²) in [7, 11) is -2.65. The van der Waals surface area contributed by atoms with Crippen LogP contribution in [0.4, 0.5) is 11.4 Å². The smallest absolute Gasteiger partial charge is 0.308 e. The molecule has 4 rings (SSSR count). The molecule has 3 aromatic carbocycles. The van der Waals surface area contributed by atoms with E-state index >= 15 is 0 Å². The number of fused-ring (bicyclic) bond motifs is 1. The molecule has 11 heteroatoms. The van der Waals surface area contributed by atoms with Crippen LogP contribution in [0.1, 0.15) is 25.5 Å². The normalized spacial score (nSPS) is 11.6. The molecule has 194 valence electrons. The summed E-state index contributed by atoms with van der Waals surface area (Å²) in [6.07, 6.45) is 0. The lowest BCUT2D eigenvalue weighted by Crippen LogP contribution is -2.38. The van der Waals surface area contributed by atoms with Gasteiger partial charge >= 0.3 is 4.87 Å². The zero-order valence-corrected chi connectivity index (χ0v) is 23.1. The van der Waals surface area contributed by atoms with Crippen LogP contribution in [-0.2, 0) is 14.8 Å². The Bertz CT molecular complexity index is 1630. The maximum Gasteiger partial charge on any atom is 0.308 e. The molecule has 1 N–H and O–H groups in total. The van der Waals surface area contributed by atoms with E-state index in [2.05, 4.69) is 5.32 Å². The zero-order valence-electron chi connectivity index (χ0n) is 20.7. The molecule has 0 saturated carbocycles. The lowest BCUT2D eigenvalue weighted by Gasteiger charge is -2.24. The number of hydrogen-bond acceptors (Lipinski definition) is 6. The monoisotopic (exact) mass is 559 g/mol. The van der Waals surface area contributed by atoms with Gasteiger partial charge in [-0.05, 0) is 69.3 Å². The van der Waals surface area contributed by atoms with Crippen molar-refractivity contribution >= 4 is 60.5 Å². The van der Waals surface area contributed by atoms with Crippen molar-refractivity contribution < 1.29 is 17.9 Å². The molecule has 0 radical (unpaired) electrons. The van der Waals surface area contributed by atoms with E-state index < -0.39 is 22.5 Å². The highest BCUT2D eigenvalue weighted by molar-refractivity contribution is 7.92. The van der Waals surface area contributed by atoms with Crippen molar-refractivity contribution in [2.45, 2.75) is 31.7 Å². The third-order valence-corrected chi connectivity index (χ3v) is 8.73. The number of nitrogens with one attached hydrogen (secondary N) is 1. The fourth-order valence-electron chi connectivity index (χ4n) is 3.90. The molecule has 8 nitrogen and oxygen atoms in total. The molecule has 4 aromatic rings. The highest BCUT2D eigenvalue weighted by atomic mass is 35.5. The summed E-state index contributed by atoms with van der Waals surface area (Å²) in [6.45, 7) is 5.21. The van der Waals surface area contributed by atoms with Gasteiger partial charge in [0.2, 0.25) is 5.91 Å². The van der Waals surface area contributed by atoms with Crippen molar-refractivity contribution in [2.75, 3.05) is 23.3 Å². The van der Waals surface area contributed by atoms with Gasteiger partial charge in [-0.2, -0.15) is 0 Å². The van der Waals surface area contributed by atoms with Gasteiger partial charge in [0.1, 0.15) is 12.3 Å². The number of benzene rings is 3. The first-order valence-electron chi connectivity index (χ1n) is 11.4. The molecule has 0 aliphatic carbocycles. The van der Waals surface area contributed by atoms with E-state index in [0.717, 1.165) is 31.4 Å². The SMILES string of the molecule is COc1ccc(N(CC(=O)Nc2ccc3c(c2)sc(=O)n3C(C)C)S(=O)(=O)c2ccc(C)cc2)cc1Cl. The van der Waals surface area contributed by atoms with E-state index in [9.17, 15) is 18.0 Å². The fourth-order valence-corrected chi connectivity index (χ4v) is 6.61. The van der Waals surface area contributed by atoms with E-state index in [0.29, 0.717) is 11.4 Å². The number of ether oxygens (including phenoxy) is 1. The average molecular weight is 560 g/mol. The van der Waals surface area contributed by atoms with Crippen LogP contribution in [0, 0.1) is 6.92 Å². The Morgan fingerprint density at radius 3 is 2.43 bits per heavy atom. The molecule has 0 spiro atoms. The van der Waals surface area contributed by atoms with Crippen LogP contribution < -0.4 is 19.2 Å². The van der Waals surface area contributed by atoms with Crippen molar-refractivity contribution in [3.05, 3.63) is 80.9 Å². The van der Waals surface area contributed by atoms with Gasteiger partial charge in [-0.15, -0.1) is 0 Å². The van der Waals surface area contributed by atoms with Crippen molar-refractivity contribution in [2.24, 2.45) is 0 Å². The molecule has 0 unspecified atom stereocenters. The molecule has 37 heavy (non-hydrogen) atoms. The number of halogens is 1. The molecule has 0 aliphatic heterocycles. The molecule has 0 bridgehead atoms. The molecule has 0 saturated heterocycles. The van der Waals surface area contributed by atoms with Gasteiger partial charge < -0.3 is 10.1 Å². The van der Waals surface area contributed by atoms with Gasteiger partial charge in [0.25, 0.3) is 10.0 Å². The summed E-state index contributed by atoms with van der Waals surface area (Å²) in [5.41, 5.74) is 2.35. The van der Waals surface area contributed by atoms with E-state index in [4.69, 9.17) is 16.3 Å². The first kappa shape index (κ1) is 26.7. The number of carbonyl (C=O) groups excluding carboxylic acids is 1. The Kier molecular flexibility index (Phi) is 7.63. The van der Waals surface area contributed by atoms with Crippen LogP contribution in [0.5, 0.6) is 5.75 Å². The van der Waals surface area contributed by atoms with Crippen LogP contribution >= 0.6 is 22.9 Å². The second-order valence-corrected chi connectivity index (χ2v) is 12.0. The number of methoxy groups -OCH3 is 1. The van der Waals surface area contributed by atoms with Gasteiger partial charge in [-0.1, -0.05) is 40.6 Å². The first-order valence-corrected chi connectivity index (χ1v) is 14.0. The summed E-state index contributed by atoms with van der Waals surface area (Å²) in [5.74, 6) is -0.180. The van der Waals surface area contributed by atoms with Crippen LogP contribution in [0.25, 0.3) is 10.2 Å². The minimum absolute atomic E-state index is 0.00134. The highest BCUT2D eigenvalue weighted by Gasteiger charge is 2.28. The topological polar surface area (TPSA) is 97.7 Å². The van der Waals surface area contributed by atoms with E-state index in [-0.39, 0.29) is 26.5 Å². The maximum absolute atomic E-state index is 13.6. The average Bonchev–Trinajstić information content (AvgIpc) is 3.17. The van der Waals surface area contributed by atoms with Gasteiger partial charge in [0.05, 0.1) is 32.9 Å². The predicted molar refractivity (Wildman–Crippen MR) is 149 cm³/mol. The third-order valence-electron chi connectivity index (χ3n) is 5.73. The summed E-state index contributed by atoms with van der Waals surface area (Å²) in [5, 5.41) is 2.96. The highest BCUT2D eigenvalue weighted by Crippen LogP contribution is 2.32. The van der Waals surface area contributed by atoms with Crippen molar-refractivity contribution in [3.63, 3.8) is 0 Å². The Morgan fingerprint density at radius 2 is 1.81 bits per heavy atom. The standard InChI is InChI=1S/C26H26ClN3O5S2/c1-16(2)30-22-11-7-18(13-24(22)36-26(30)32)28-25(31)15-29(19-8-12-23(35-4)21(27)14-19)37(33,34)20-9-5-17(3)6-10-20/h5-14,16H,15H2,1-4H3,(H,28,31). The number of rotatable bonds is 8. The van der Waals surface area contributed by atoms with Gasteiger partial charge in [-0.3, -0.25) is 18.5 Å². The third kappa shape index (κ3) is 5.51. The quantitative estimate of drug-likeness (QED) is 0.310. The summed E-state index contributed by atoms with van der Waals surface area (Å²) in [4.78, 5) is 25.4. The minimum Gasteiger partial charge on any atom is -0.495 e. The van der Waals surface area contributed by atoms with Crippen LogP contribution in [0.15, 0.2) is 70.4 Å². The molecule has 0 fully saturated rings. The minimum atomic E-state index is -4.11. The summed E-state index contributed by atoms with van der Waals surface area (Å²) >= 11 is 7.37. The fraction of sp³-hybridized carbons (Fsp3) is 0.231. The lowest BCUT2D eigenvalue weighted by molar-refractivity contribution is -0.114. The predicted octanol–water partition coefficient (Wildman–Crippen LogP) is 5.45. The van der Waals surface area contributed by atoms with Crippen molar-refractivity contribution in [3.8, 4) is 5.75 Å². The zero-order chi connectivity index (χ0) is 26.9. The Morgan fingerprint density at radius 1 is 1.11 bits per heavy atom. The number of nitrogens with zero attached hydrogens (tertiary/aromatic N) is 2. The molecule has 1 amide bonds.